The van der Waals surface area contributed by atoms with Gasteiger partial charge in [-0.25, -0.2) is 9.97 Å². The fraction of sp³-hybridized carbons (Fsp3) is 0.412. The number of imidazole rings is 1. The highest BCUT2D eigenvalue weighted by Gasteiger charge is 2.36. The number of carbonyl (C=O) groups excluding carboxylic acids is 1. The highest BCUT2D eigenvalue weighted by molar-refractivity contribution is 5.93. The molecule has 128 valence electrons. The number of fused-ring (bicyclic) bond motifs is 1. The summed E-state index contributed by atoms with van der Waals surface area (Å²) in [6.07, 6.45) is 8.10. The lowest BCUT2D eigenvalue weighted by atomic mass is 10.1. The summed E-state index contributed by atoms with van der Waals surface area (Å²) < 4.78 is 7.62. The van der Waals surface area contributed by atoms with Gasteiger partial charge in [-0.05, 0) is 12.8 Å². The van der Waals surface area contributed by atoms with E-state index in [4.69, 9.17) is 4.42 Å². The minimum Gasteiger partial charge on any atom is -0.430 e. The summed E-state index contributed by atoms with van der Waals surface area (Å²) in [5.41, 5.74) is 3.62. The van der Waals surface area contributed by atoms with Crippen LogP contribution in [0.2, 0.25) is 0 Å². The Labute approximate surface area is 143 Å². The number of oxazole rings is 1. The Balaban J connectivity index is 1.48. The zero-order chi connectivity index (χ0) is 17.0. The Morgan fingerprint density at radius 2 is 2.28 bits per heavy atom. The van der Waals surface area contributed by atoms with Crippen molar-refractivity contribution in [1.82, 2.24) is 29.6 Å². The van der Waals surface area contributed by atoms with Crippen LogP contribution in [0.5, 0.6) is 0 Å². The van der Waals surface area contributed by atoms with Crippen LogP contribution < -0.4 is 0 Å². The molecule has 25 heavy (non-hydrogen) atoms. The zero-order valence-electron chi connectivity index (χ0n) is 13.9. The first kappa shape index (κ1) is 14.4. The van der Waals surface area contributed by atoms with Gasteiger partial charge in [0.05, 0.1) is 41.7 Å². The third kappa shape index (κ3) is 2.45. The molecule has 0 radical (unpaired) electrons. The number of aromatic amines is 1. The molecule has 1 aliphatic heterocycles. The standard InChI is InChI=1S/C17H18N6O2/c1-22-7-11(6-20-22)16-21-14(10-2-3-10)15(25-16)17(24)23-5-4-12-13(8-23)19-9-18-12/h6-7,9-10H,2-5,8H2,1H3,(H,18,19). The predicted molar refractivity (Wildman–Crippen MR) is 87.7 cm³/mol. The van der Waals surface area contributed by atoms with E-state index >= 15 is 0 Å². The number of hydrogen-bond acceptors (Lipinski definition) is 5. The van der Waals surface area contributed by atoms with Crippen molar-refractivity contribution >= 4 is 5.91 Å². The zero-order valence-corrected chi connectivity index (χ0v) is 13.9. The van der Waals surface area contributed by atoms with Gasteiger partial charge in [0.15, 0.2) is 0 Å². The molecule has 4 heterocycles. The Morgan fingerprint density at radius 3 is 3.04 bits per heavy atom. The topological polar surface area (TPSA) is 92.8 Å². The van der Waals surface area contributed by atoms with Gasteiger partial charge < -0.3 is 14.3 Å². The van der Waals surface area contributed by atoms with E-state index in [1.165, 1.54) is 0 Å². The van der Waals surface area contributed by atoms with Gasteiger partial charge in [-0.3, -0.25) is 9.48 Å². The number of hydrogen-bond donors (Lipinski definition) is 1. The number of nitrogens with one attached hydrogen (secondary N) is 1. The van der Waals surface area contributed by atoms with Crippen LogP contribution in [-0.2, 0) is 20.0 Å². The average molecular weight is 338 g/mol. The maximum Gasteiger partial charge on any atom is 0.291 e. The number of nitrogens with zero attached hydrogens (tertiary/aromatic N) is 5. The first-order chi connectivity index (χ1) is 12.2. The number of rotatable bonds is 3. The first-order valence-corrected chi connectivity index (χ1v) is 8.49. The van der Waals surface area contributed by atoms with E-state index in [1.54, 1.807) is 22.1 Å². The summed E-state index contributed by atoms with van der Waals surface area (Å²) in [6, 6.07) is 0. The van der Waals surface area contributed by atoms with Crippen molar-refractivity contribution in [2.75, 3.05) is 6.54 Å². The van der Waals surface area contributed by atoms with Gasteiger partial charge >= 0.3 is 0 Å². The molecule has 1 N–H and O–H groups in total. The minimum atomic E-state index is -0.0928. The molecule has 3 aromatic rings. The van der Waals surface area contributed by atoms with Crippen LogP contribution in [0.4, 0.5) is 0 Å². The van der Waals surface area contributed by atoms with Crippen molar-refractivity contribution < 1.29 is 9.21 Å². The van der Waals surface area contributed by atoms with Crippen molar-refractivity contribution in [2.24, 2.45) is 7.05 Å². The summed E-state index contributed by atoms with van der Waals surface area (Å²) in [7, 11) is 1.84. The lowest BCUT2D eigenvalue weighted by molar-refractivity contribution is 0.0699. The van der Waals surface area contributed by atoms with Crippen LogP contribution in [-0.4, -0.2) is 42.1 Å². The summed E-state index contributed by atoms with van der Waals surface area (Å²) in [5, 5.41) is 4.16. The molecule has 2 aliphatic rings. The SMILES string of the molecule is Cn1cc(-c2nc(C3CC3)c(C(=O)N3CCc4nc[nH]c4C3)o2)cn1. The van der Waals surface area contributed by atoms with Crippen LogP contribution in [0.15, 0.2) is 23.1 Å². The summed E-state index contributed by atoms with van der Waals surface area (Å²) in [6.45, 7) is 1.17. The third-order valence-electron chi connectivity index (χ3n) is 4.83. The number of H-pyrrole nitrogens is 1. The molecule has 1 fully saturated rings. The smallest absolute Gasteiger partial charge is 0.291 e. The molecule has 8 nitrogen and oxygen atoms in total. The normalized spacial score (nSPS) is 16.9. The Morgan fingerprint density at radius 1 is 1.40 bits per heavy atom. The second kappa shape index (κ2) is 5.30. The monoisotopic (exact) mass is 338 g/mol. The molecule has 8 heteroatoms. The molecule has 1 amide bonds. The molecule has 0 aromatic carbocycles. The molecule has 0 unspecified atom stereocenters. The lowest BCUT2D eigenvalue weighted by Crippen LogP contribution is -2.36. The fourth-order valence-corrected chi connectivity index (χ4v) is 3.30. The van der Waals surface area contributed by atoms with Gasteiger partial charge in [-0.2, -0.15) is 5.10 Å². The van der Waals surface area contributed by atoms with E-state index in [0.29, 0.717) is 30.7 Å². The second-order valence-corrected chi connectivity index (χ2v) is 6.71. The van der Waals surface area contributed by atoms with E-state index in [1.807, 2.05) is 13.2 Å². The number of amides is 1. The molecule has 1 aliphatic carbocycles. The highest BCUT2D eigenvalue weighted by Crippen LogP contribution is 2.42. The highest BCUT2D eigenvalue weighted by atomic mass is 16.4. The van der Waals surface area contributed by atoms with Gasteiger partial charge in [0.1, 0.15) is 0 Å². The molecular weight excluding hydrogens is 320 g/mol. The van der Waals surface area contributed by atoms with Gasteiger partial charge in [0, 0.05) is 32.1 Å². The van der Waals surface area contributed by atoms with E-state index in [2.05, 4.69) is 20.1 Å². The minimum absolute atomic E-state index is 0.0928. The maximum absolute atomic E-state index is 13.1. The van der Waals surface area contributed by atoms with Gasteiger partial charge in [-0.15, -0.1) is 0 Å². The first-order valence-electron chi connectivity index (χ1n) is 8.49. The summed E-state index contributed by atoms with van der Waals surface area (Å²) in [4.78, 5) is 26.9. The van der Waals surface area contributed by atoms with E-state index in [-0.39, 0.29) is 5.91 Å². The largest absolute Gasteiger partial charge is 0.430 e. The molecule has 5 rings (SSSR count). The van der Waals surface area contributed by atoms with Gasteiger partial charge in [0.25, 0.3) is 5.91 Å². The molecule has 3 aromatic heterocycles. The van der Waals surface area contributed by atoms with Crippen LogP contribution in [0.1, 0.15) is 46.4 Å². The number of aryl methyl sites for hydroxylation is 1. The molecule has 1 saturated carbocycles. The predicted octanol–water partition coefficient (Wildman–Crippen LogP) is 1.87. The molecular formula is C17H18N6O2. The molecule has 0 saturated heterocycles. The Hall–Kier alpha value is -2.90. The summed E-state index contributed by atoms with van der Waals surface area (Å²) in [5.74, 6) is 1.09. The lowest BCUT2D eigenvalue weighted by Gasteiger charge is -2.25. The second-order valence-electron chi connectivity index (χ2n) is 6.71. The molecule has 0 bridgehead atoms. The van der Waals surface area contributed by atoms with Crippen LogP contribution >= 0.6 is 0 Å². The Kier molecular flexibility index (Phi) is 3.06. The quantitative estimate of drug-likeness (QED) is 0.787. The average Bonchev–Trinajstić information content (AvgIpc) is 3.02. The van der Waals surface area contributed by atoms with Crippen molar-refractivity contribution in [3.8, 4) is 11.5 Å². The number of carbonyl (C=O) groups is 1. The maximum atomic E-state index is 13.1. The molecule has 0 atom stereocenters. The third-order valence-corrected chi connectivity index (χ3v) is 4.83. The van der Waals surface area contributed by atoms with Gasteiger partial charge in [-0.1, -0.05) is 0 Å². The molecule has 0 spiro atoms. The van der Waals surface area contributed by atoms with E-state index < -0.39 is 0 Å². The Bertz CT molecular complexity index is 948. The summed E-state index contributed by atoms with van der Waals surface area (Å²) >= 11 is 0. The fourth-order valence-electron chi connectivity index (χ4n) is 3.30. The van der Waals surface area contributed by atoms with E-state index in [9.17, 15) is 4.79 Å². The van der Waals surface area contributed by atoms with Crippen LogP contribution in [0.3, 0.4) is 0 Å². The van der Waals surface area contributed by atoms with Crippen molar-refractivity contribution in [3.63, 3.8) is 0 Å². The van der Waals surface area contributed by atoms with Crippen molar-refractivity contribution in [1.29, 1.82) is 0 Å². The van der Waals surface area contributed by atoms with Crippen LogP contribution in [0.25, 0.3) is 11.5 Å². The van der Waals surface area contributed by atoms with Crippen LogP contribution in [0, 0.1) is 0 Å². The van der Waals surface area contributed by atoms with Crippen molar-refractivity contribution in [2.45, 2.75) is 31.7 Å². The number of aromatic nitrogens is 5. The van der Waals surface area contributed by atoms with Crippen molar-refractivity contribution in [3.05, 3.63) is 41.6 Å². The van der Waals surface area contributed by atoms with Gasteiger partial charge in [0.2, 0.25) is 11.7 Å². The van der Waals surface area contributed by atoms with E-state index in [0.717, 1.165) is 41.9 Å².